The number of nitrogens with one attached hydrogen (secondary N) is 1. The summed E-state index contributed by atoms with van der Waals surface area (Å²) in [6, 6.07) is -0.333. The summed E-state index contributed by atoms with van der Waals surface area (Å²) in [5, 5.41) is 2.80. The van der Waals surface area contributed by atoms with Gasteiger partial charge in [-0.15, -0.1) is 16.8 Å². The van der Waals surface area contributed by atoms with Gasteiger partial charge in [0.05, 0.1) is 19.8 Å². The molecule has 1 unspecified atom stereocenters. The van der Waals surface area contributed by atoms with Crippen LogP contribution in [0.1, 0.15) is 13.8 Å². The number of nitrogens with zero attached hydrogens (tertiary/aromatic N) is 3. The van der Waals surface area contributed by atoms with Crippen LogP contribution in [-0.2, 0) is 9.59 Å². The van der Waals surface area contributed by atoms with E-state index in [2.05, 4.69) is 10.3 Å². The van der Waals surface area contributed by atoms with Crippen LogP contribution in [0.3, 0.4) is 0 Å². The van der Waals surface area contributed by atoms with Crippen molar-refractivity contribution in [3.05, 3.63) is 11.0 Å². The quantitative estimate of drug-likeness (QED) is 0.762. The third kappa shape index (κ3) is 3.11. The molecule has 1 N–H and O–H groups in total. The van der Waals surface area contributed by atoms with Gasteiger partial charge in [0.15, 0.2) is 5.92 Å². The summed E-state index contributed by atoms with van der Waals surface area (Å²) >= 11 is 1.29. The van der Waals surface area contributed by atoms with Crippen LogP contribution < -0.4 is 5.32 Å². The fourth-order valence-electron chi connectivity index (χ4n) is 2.25. The molecule has 2 heterocycles. The van der Waals surface area contributed by atoms with Gasteiger partial charge in [-0.1, -0.05) is 0 Å². The predicted octanol–water partition coefficient (Wildman–Crippen LogP) is 0.461. The summed E-state index contributed by atoms with van der Waals surface area (Å²) in [5.74, 6) is -0.406. The van der Waals surface area contributed by atoms with Crippen molar-refractivity contribution in [3.63, 3.8) is 0 Å². The summed E-state index contributed by atoms with van der Waals surface area (Å²) in [4.78, 5) is 42.0. The van der Waals surface area contributed by atoms with Crippen LogP contribution in [0.5, 0.6) is 0 Å². The van der Waals surface area contributed by atoms with Gasteiger partial charge in [-0.25, -0.2) is 4.79 Å². The number of amides is 4. The molecule has 2 rings (SSSR count). The molecule has 0 spiro atoms. The smallest absolute Gasteiger partial charge is 0.353 e. The number of urea groups is 1. The lowest BCUT2D eigenvalue weighted by Crippen LogP contribution is -2.52. The lowest BCUT2D eigenvalue weighted by Gasteiger charge is -2.26. The van der Waals surface area contributed by atoms with E-state index in [1.165, 1.54) is 23.4 Å². The van der Waals surface area contributed by atoms with E-state index in [1.54, 1.807) is 19.3 Å². The van der Waals surface area contributed by atoms with Crippen molar-refractivity contribution in [1.82, 2.24) is 10.2 Å². The average molecular weight is 323 g/mol. The maximum atomic E-state index is 12.4. The van der Waals surface area contributed by atoms with Crippen molar-refractivity contribution >= 4 is 41.7 Å². The topological polar surface area (TPSA) is 81.8 Å². The van der Waals surface area contributed by atoms with E-state index in [0.717, 1.165) is 9.81 Å². The Bertz CT molecular complexity index is 622. The Balaban J connectivity index is 2.19. The van der Waals surface area contributed by atoms with E-state index in [4.69, 9.17) is 0 Å². The van der Waals surface area contributed by atoms with Crippen LogP contribution in [0.25, 0.3) is 0 Å². The Morgan fingerprint density at radius 2 is 2.18 bits per heavy atom. The Hall–Kier alpha value is -1.96. The van der Waals surface area contributed by atoms with E-state index >= 15 is 0 Å². The van der Waals surface area contributed by atoms with Gasteiger partial charge in [-0.05, 0) is 19.9 Å². The molecule has 0 aliphatic carbocycles. The number of dihydropyridines is 1. The predicted molar refractivity (Wildman–Crippen MR) is 85.2 cm³/mol. The summed E-state index contributed by atoms with van der Waals surface area (Å²) in [5.41, 5.74) is 0. The van der Waals surface area contributed by atoms with E-state index in [-0.39, 0.29) is 23.6 Å². The number of hydrogen-bond donors (Lipinski definition) is 1. The second kappa shape index (κ2) is 6.43. The summed E-state index contributed by atoms with van der Waals surface area (Å²) < 4.78 is 1.37. The van der Waals surface area contributed by atoms with Crippen molar-refractivity contribution in [2.24, 2.45) is 10.9 Å². The first kappa shape index (κ1) is 16.4. The van der Waals surface area contributed by atoms with E-state index in [1.807, 2.05) is 13.8 Å². The summed E-state index contributed by atoms with van der Waals surface area (Å²) in [7, 11) is 3.04. The fourth-order valence-corrected chi connectivity index (χ4v) is 3.16. The average Bonchev–Trinajstić information content (AvgIpc) is 2.47. The number of hydrogen-bond acceptors (Lipinski definition) is 5. The molecule has 7 nitrogen and oxygen atoms in total. The molecular weight excluding hydrogens is 304 g/mol. The molecule has 0 saturated heterocycles. The number of rotatable bonds is 4. The Morgan fingerprint density at radius 1 is 1.50 bits per heavy atom. The highest BCUT2D eigenvalue weighted by Crippen LogP contribution is 2.31. The molecule has 0 aromatic carbocycles. The molecule has 1 atom stereocenters. The standard InChI is InChI=1S/C14H18N4O3S/c1-8(2)16-10(19)7-22-9-5-6-15-12-11(9)13(20)18(4)14(21)17(12)3/h5-6,8,11H,7H2,1-4H3/p+1. The van der Waals surface area contributed by atoms with Gasteiger partial charge < -0.3 is 5.32 Å². The molecule has 0 saturated carbocycles. The minimum absolute atomic E-state index is 0.0725. The molecule has 0 aromatic heterocycles. The molecule has 0 aromatic rings. The van der Waals surface area contributed by atoms with Crippen molar-refractivity contribution in [2.75, 3.05) is 19.8 Å². The molecule has 2 aliphatic rings. The second-order valence-corrected chi connectivity index (χ2v) is 6.44. The number of carbonyl (C=O) groups is 3. The van der Waals surface area contributed by atoms with Gasteiger partial charge >= 0.3 is 11.9 Å². The third-order valence-electron chi connectivity index (χ3n) is 3.30. The highest BCUT2D eigenvalue weighted by molar-refractivity contribution is 8.03. The van der Waals surface area contributed by atoms with Gasteiger partial charge in [0.25, 0.3) is 5.84 Å². The highest BCUT2D eigenvalue weighted by Gasteiger charge is 2.47. The van der Waals surface area contributed by atoms with Crippen molar-refractivity contribution < 1.29 is 19.0 Å². The summed E-state index contributed by atoms with van der Waals surface area (Å²) in [6.07, 6.45) is 3.27. The van der Waals surface area contributed by atoms with Crippen LogP contribution in [0.15, 0.2) is 16.0 Å². The van der Waals surface area contributed by atoms with Crippen LogP contribution >= 0.6 is 11.8 Å². The molecule has 2 aliphatic heterocycles. The number of thioether (sulfide) groups is 1. The number of aliphatic imine (C=N–C) groups is 1. The van der Waals surface area contributed by atoms with Gasteiger partial charge in [0, 0.05) is 10.9 Å². The van der Waals surface area contributed by atoms with Gasteiger partial charge in [-0.2, -0.15) is 9.48 Å². The monoisotopic (exact) mass is 323 g/mol. The van der Waals surface area contributed by atoms with Gasteiger partial charge in [-0.3, -0.25) is 9.59 Å². The third-order valence-corrected chi connectivity index (χ3v) is 4.41. The molecule has 0 fully saturated rings. The van der Waals surface area contributed by atoms with E-state index < -0.39 is 11.9 Å². The first-order chi connectivity index (χ1) is 10.3. The first-order valence-corrected chi connectivity index (χ1v) is 7.90. The number of allylic oxidation sites excluding steroid dienone is 1. The fraction of sp³-hybridized carbons (Fsp3) is 0.500. The molecule has 22 heavy (non-hydrogen) atoms. The van der Waals surface area contributed by atoms with Gasteiger partial charge in [0.2, 0.25) is 5.91 Å². The van der Waals surface area contributed by atoms with Crippen molar-refractivity contribution in [3.8, 4) is 0 Å². The van der Waals surface area contributed by atoms with Crippen molar-refractivity contribution in [1.29, 1.82) is 0 Å². The Morgan fingerprint density at radius 3 is 2.82 bits per heavy atom. The van der Waals surface area contributed by atoms with E-state index in [9.17, 15) is 14.4 Å². The SMILES string of the molecule is CC(C)NC(=O)CSC1=CC=NC2=[N+](C)C(=O)N(C)C(=O)C12. The maximum Gasteiger partial charge on any atom is 0.445 e. The first-order valence-electron chi connectivity index (χ1n) is 6.91. The minimum Gasteiger partial charge on any atom is -0.353 e. The lowest BCUT2D eigenvalue weighted by atomic mass is 10.0. The normalized spacial score (nSPS) is 21.2. The largest absolute Gasteiger partial charge is 0.445 e. The zero-order valence-corrected chi connectivity index (χ0v) is 13.8. The van der Waals surface area contributed by atoms with E-state index in [0.29, 0.717) is 5.84 Å². The number of amidine groups is 1. The zero-order chi connectivity index (χ0) is 16.4. The molecule has 8 heteroatoms. The number of carbonyl (C=O) groups excluding carboxylic acids is 3. The second-order valence-electron chi connectivity index (χ2n) is 5.39. The van der Waals surface area contributed by atoms with Crippen molar-refractivity contribution in [2.45, 2.75) is 19.9 Å². The highest BCUT2D eigenvalue weighted by atomic mass is 32.2. The zero-order valence-electron chi connectivity index (χ0n) is 13.0. The minimum atomic E-state index is -0.616. The molecule has 0 radical (unpaired) electrons. The number of imide groups is 1. The molecule has 0 bridgehead atoms. The maximum absolute atomic E-state index is 12.4. The van der Waals surface area contributed by atoms with Crippen LogP contribution in [0.2, 0.25) is 0 Å². The lowest BCUT2D eigenvalue weighted by molar-refractivity contribution is -0.407. The summed E-state index contributed by atoms with van der Waals surface area (Å²) in [6.45, 7) is 3.78. The van der Waals surface area contributed by atoms with Crippen LogP contribution in [0.4, 0.5) is 4.79 Å². The Labute approximate surface area is 133 Å². The van der Waals surface area contributed by atoms with Crippen LogP contribution in [0, 0.1) is 5.92 Å². The molecule has 4 amide bonds. The van der Waals surface area contributed by atoms with Crippen LogP contribution in [-0.4, -0.2) is 65.3 Å². The molecular formula is C14H19N4O3S+. The molecule has 118 valence electrons. The van der Waals surface area contributed by atoms with Gasteiger partial charge in [0.1, 0.15) is 6.21 Å². The number of fused-ring (bicyclic) bond motifs is 1. The Kier molecular flexibility index (Phi) is 4.80.